The van der Waals surface area contributed by atoms with Crippen LogP contribution in [0, 0.1) is 0 Å². The van der Waals surface area contributed by atoms with Gasteiger partial charge in [-0.05, 0) is 117 Å². The van der Waals surface area contributed by atoms with Crippen LogP contribution in [0.2, 0.25) is 0 Å². The maximum atomic E-state index is 15.8. The molecular weight excluding hydrogens is 592 g/mol. The Balaban J connectivity index is 1.54. The predicted molar refractivity (Wildman–Crippen MR) is 190 cm³/mol. The van der Waals surface area contributed by atoms with Crippen molar-refractivity contribution in [2.24, 2.45) is 17.2 Å². The molecule has 0 heterocycles. The van der Waals surface area contributed by atoms with E-state index in [1.807, 2.05) is 18.2 Å². The number of hydrogen-bond donors (Lipinski definition) is 3. The Bertz CT molecular complexity index is 1340. The molecule has 0 aliphatic rings. The van der Waals surface area contributed by atoms with Gasteiger partial charge in [-0.25, -0.2) is 0 Å². The summed E-state index contributed by atoms with van der Waals surface area (Å²) in [6, 6.07) is 25.5. The second-order valence-electron chi connectivity index (χ2n) is 12.1. The molecule has 4 rings (SSSR count). The van der Waals surface area contributed by atoms with Crippen LogP contribution in [0.15, 0.2) is 84.9 Å². The molecule has 0 aliphatic carbocycles. The molecule has 0 bridgehead atoms. The first kappa shape index (κ1) is 36.1. The number of rotatable bonds is 20. The molecule has 0 saturated carbocycles. The summed E-state index contributed by atoms with van der Waals surface area (Å²) in [5.41, 5.74) is 23.1. The third kappa shape index (κ3) is 10.6. The highest BCUT2D eigenvalue weighted by atomic mass is 19.3. The molecule has 5 nitrogen and oxygen atoms in total. The van der Waals surface area contributed by atoms with E-state index in [0.29, 0.717) is 44.3 Å². The zero-order valence-corrected chi connectivity index (χ0v) is 27.8. The van der Waals surface area contributed by atoms with Gasteiger partial charge in [0.2, 0.25) is 0 Å². The monoisotopic (exact) mass is 643 g/mol. The van der Waals surface area contributed by atoms with Gasteiger partial charge in [0.05, 0.1) is 13.2 Å². The second kappa shape index (κ2) is 18.5. The van der Waals surface area contributed by atoms with Gasteiger partial charge in [-0.15, -0.1) is 0 Å². The van der Waals surface area contributed by atoms with Crippen molar-refractivity contribution in [3.05, 3.63) is 107 Å². The second-order valence-corrected chi connectivity index (χ2v) is 12.1. The fourth-order valence-electron chi connectivity index (χ4n) is 5.59. The van der Waals surface area contributed by atoms with Crippen LogP contribution in [-0.2, 0) is 18.8 Å². The zero-order valence-electron chi connectivity index (χ0n) is 27.8. The van der Waals surface area contributed by atoms with Gasteiger partial charge in [0.25, 0.3) is 5.92 Å². The molecule has 252 valence electrons. The maximum Gasteiger partial charge on any atom is 0.298 e. The van der Waals surface area contributed by atoms with Crippen LogP contribution in [0.4, 0.5) is 8.78 Å². The summed E-state index contributed by atoms with van der Waals surface area (Å²) in [4.78, 5) is 0. The van der Waals surface area contributed by atoms with Crippen LogP contribution < -0.4 is 26.7 Å². The number of nitrogens with two attached hydrogens (primary N) is 3. The molecule has 6 N–H and O–H groups in total. The van der Waals surface area contributed by atoms with Crippen molar-refractivity contribution in [3.8, 4) is 33.8 Å². The highest BCUT2D eigenvalue weighted by molar-refractivity contribution is 5.68. The van der Waals surface area contributed by atoms with Crippen molar-refractivity contribution in [3.63, 3.8) is 0 Å². The van der Waals surface area contributed by atoms with Crippen molar-refractivity contribution in [2.75, 3.05) is 32.8 Å². The van der Waals surface area contributed by atoms with Gasteiger partial charge in [-0.2, -0.15) is 8.78 Å². The number of hydrogen-bond acceptors (Lipinski definition) is 5. The van der Waals surface area contributed by atoms with Gasteiger partial charge < -0.3 is 26.7 Å². The SMILES string of the molecule is CCCCOc1cc(OCCCN)cc(-c2ccc(C(F)(F)c3ccc(-c4cc(CCCCN)cc(CCCCN)c4)cc3)cc2)c1. The van der Waals surface area contributed by atoms with E-state index in [2.05, 4.69) is 25.1 Å². The first-order valence-electron chi connectivity index (χ1n) is 17.1. The van der Waals surface area contributed by atoms with E-state index >= 15 is 8.78 Å². The Morgan fingerprint density at radius 3 is 1.40 bits per heavy atom. The minimum absolute atomic E-state index is 0.0434. The maximum absolute atomic E-state index is 15.8. The first-order valence-corrected chi connectivity index (χ1v) is 17.1. The van der Waals surface area contributed by atoms with E-state index in [0.717, 1.165) is 80.0 Å². The summed E-state index contributed by atoms with van der Waals surface area (Å²) >= 11 is 0. The van der Waals surface area contributed by atoms with Crippen molar-refractivity contribution >= 4 is 0 Å². The average molecular weight is 644 g/mol. The third-order valence-electron chi connectivity index (χ3n) is 8.32. The summed E-state index contributed by atoms with van der Waals surface area (Å²) < 4.78 is 43.5. The Hall–Kier alpha value is -3.78. The fraction of sp³-hybridized carbons (Fsp3) is 0.400. The van der Waals surface area contributed by atoms with Gasteiger partial charge in [0.15, 0.2) is 0 Å². The molecule has 0 aromatic heterocycles. The predicted octanol–water partition coefficient (Wildman–Crippen LogP) is 8.63. The van der Waals surface area contributed by atoms with Crippen LogP contribution in [-0.4, -0.2) is 32.8 Å². The number of aryl methyl sites for hydroxylation is 2. The summed E-state index contributed by atoms with van der Waals surface area (Å²) in [5, 5.41) is 0. The molecule has 0 unspecified atom stereocenters. The van der Waals surface area contributed by atoms with E-state index < -0.39 is 5.92 Å². The zero-order chi connectivity index (χ0) is 33.5. The summed E-state index contributed by atoms with van der Waals surface area (Å²) in [5.74, 6) is -1.80. The summed E-state index contributed by atoms with van der Waals surface area (Å²) in [7, 11) is 0. The Morgan fingerprint density at radius 2 is 0.957 bits per heavy atom. The van der Waals surface area contributed by atoms with Crippen molar-refractivity contribution < 1.29 is 18.3 Å². The molecule has 0 aliphatic heterocycles. The van der Waals surface area contributed by atoms with Crippen LogP contribution in [0.3, 0.4) is 0 Å². The molecule has 0 radical (unpaired) electrons. The molecule has 47 heavy (non-hydrogen) atoms. The van der Waals surface area contributed by atoms with E-state index in [9.17, 15) is 0 Å². The lowest BCUT2D eigenvalue weighted by molar-refractivity contribution is 0.0429. The lowest BCUT2D eigenvalue weighted by atomic mass is 9.93. The third-order valence-corrected chi connectivity index (χ3v) is 8.32. The highest BCUT2D eigenvalue weighted by Crippen LogP contribution is 2.38. The molecule has 0 spiro atoms. The Kier molecular flexibility index (Phi) is 14.2. The van der Waals surface area contributed by atoms with Crippen molar-refractivity contribution in [1.29, 1.82) is 0 Å². The molecule has 0 atom stereocenters. The van der Waals surface area contributed by atoms with Crippen LogP contribution >= 0.6 is 0 Å². The lowest BCUT2D eigenvalue weighted by Crippen LogP contribution is -2.15. The number of benzene rings is 4. The van der Waals surface area contributed by atoms with Gasteiger partial charge in [0.1, 0.15) is 11.5 Å². The van der Waals surface area contributed by atoms with Gasteiger partial charge in [-0.1, -0.05) is 80.1 Å². The molecule has 4 aromatic rings. The molecule has 0 saturated heterocycles. The average Bonchev–Trinajstić information content (AvgIpc) is 3.09. The smallest absolute Gasteiger partial charge is 0.298 e. The highest BCUT2D eigenvalue weighted by Gasteiger charge is 2.33. The quantitative estimate of drug-likeness (QED) is 0.0838. The Labute approximate surface area is 279 Å². The molecule has 4 aromatic carbocycles. The molecule has 7 heteroatoms. The standard InChI is InChI=1S/C40H51F2N3O2/c1-2-3-22-46-38-27-35(28-39(29-38)47-23-8-21-45)33-13-17-37(18-14-33)40(41,42)36-15-11-32(12-16-36)34-25-30(9-4-6-19-43)24-31(26-34)10-5-7-20-44/h11-18,24-29H,2-10,19-23,43-45H2,1H3. The summed E-state index contributed by atoms with van der Waals surface area (Å²) in [6.07, 6.45) is 8.58. The largest absolute Gasteiger partial charge is 0.493 e. The summed E-state index contributed by atoms with van der Waals surface area (Å²) in [6.45, 7) is 5.09. The van der Waals surface area contributed by atoms with E-state index in [1.54, 1.807) is 36.4 Å². The van der Waals surface area contributed by atoms with Gasteiger partial charge in [0, 0.05) is 17.2 Å². The first-order chi connectivity index (χ1) is 22.9. The van der Waals surface area contributed by atoms with Crippen LogP contribution in [0.25, 0.3) is 22.3 Å². The minimum atomic E-state index is -3.16. The number of ether oxygens (including phenoxy) is 2. The fourth-order valence-corrected chi connectivity index (χ4v) is 5.59. The van der Waals surface area contributed by atoms with E-state index in [4.69, 9.17) is 26.7 Å². The van der Waals surface area contributed by atoms with Crippen LogP contribution in [0.5, 0.6) is 11.5 Å². The Morgan fingerprint density at radius 1 is 0.511 bits per heavy atom. The van der Waals surface area contributed by atoms with Crippen LogP contribution in [0.1, 0.15) is 74.1 Å². The van der Waals surface area contributed by atoms with Gasteiger partial charge in [-0.3, -0.25) is 0 Å². The molecule has 0 amide bonds. The number of unbranched alkanes of at least 4 members (excludes halogenated alkanes) is 3. The van der Waals surface area contributed by atoms with Gasteiger partial charge >= 0.3 is 0 Å². The minimum Gasteiger partial charge on any atom is -0.493 e. The van der Waals surface area contributed by atoms with E-state index in [1.165, 1.54) is 23.3 Å². The molecular formula is C40H51F2N3O2. The normalized spacial score (nSPS) is 11.5. The topological polar surface area (TPSA) is 96.5 Å². The van der Waals surface area contributed by atoms with E-state index in [-0.39, 0.29) is 11.1 Å². The molecule has 0 fully saturated rings. The lowest BCUT2D eigenvalue weighted by Gasteiger charge is -2.19. The number of halogens is 2. The van der Waals surface area contributed by atoms with Crippen molar-refractivity contribution in [1.82, 2.24) is 0 Å². The van der Waals surface area contributed by atoms with Crippen molar-refractivity contribution in [2.45, 2.75) is 70.6 Å². The number of alkyl halides is 2.